The summed E-state index contributed by atoms with van der Waals surface area (Å²) in [6.45, 7) is 8.45. The molecule has 8 heteroatoms. The van der Waals surface area contributed by atoms with Crippen molar-refractivity contribution in [3.05, 3.63) is 71.5 Å². The average Bonchev–Trinajstić information content (AvgIpc) is 2.88. The van der Waals surface area contributed by atoms with Crippen molar-refractivity contribution < 1.29 is 14.3 Å². The zero-order valence-corrected chi connectivity index (χ0v) is 19.7. The normalized spacial score (nSPS) is 9.73. The quantitative estimate of drug-likeness (QED) is 0.265. The Kier molecular flexibility index (Phi) is 12.1. The molecule has 0 spiro atoms. The molecular weight excluding hydrogens is 418 g/mol. The number of amides is 1. The van der Waals surface area contributed by atoms with Crippen LogP contribution in [0.3, 0.4) is 0 Å². The molecule has 3 N–H and O–H groups in total. The number of methoxy groups -OCH3 is 1. The Morgan fingerprint density at radius 2 is 1.73 bits per heavy atom. The van der Waals surface area contributed by atoms with E-state index in [-0.39, 0.29) is 17.3 Å². The second-order valence-electron chi connectivity index (χ2n) is 5.94. The van der Waals surface area contributed by atoms with Gasteiger partial charge in [0.1, 0.15) is 0 Å². The third-order valence-corrected chi connectivity index (χ3v) is 4.20. The Balaban J connectivity index is 0.00000129. The molecular formula is C25H31N5O3. The van der Waals surface area contributed by atoms with E-state index in [2.05, 4.69) is 20.8 Å². The lowest BCUT2D eigenvalue weighted by Gasteiger charge is -2.13. The van der Waals surface area contributed by atoms with Crippen LogP contribution in [0.2, 0.25) is 0 Å². The lowest BCUT2D eigenvalue weighted by Crippen LogP contribution is -2.17. The van der Waals surface area contributed by atoms with Crippen LogP contribution in [0.1, 0.15) is 54.1 Å². The highest BCUT2D eigenvalue weighted by Gasteiger charge is 2.17. The fourth-order valence-corrected chi connectivity index (χ4v) is 2.89. The van der Waals surface area contributed by atoms with E-state index in [0.29, 0.717) is 12.1 Å². The first-order valence-electron chi connectivity index (χ1n) is 10.8. The van der Waals surface area contributed by atoms with Crippen molar-refractivity contribution in [2.75, 3.05) is 12.4 Å². The Bertz CT molecular complexity index is 1100. The number of nitrogens with one attached hydrogen (secondary N) is 3. The summed E-state index contributed by atoms with van der Waals surface area (Å²) in [5, 5.41) is 15.3. The van der Waals surface area contributed by atoms with E-state index in [1.165, 1.54) is 19.5 Å². The Morgan fingerprint density at radius 1 is 1.03 bits per heavy atom. The zero-order valence-electron chi connectivity index (χ0n) is 19.7. The molecule has 0 saturated heterocycles. The van der Waals surface area contributed by atoms with Crippen LogP contribution in [0.5, 0.6) is 0 Å². The van der Waals surface area contributed by atoms with Crippen LogP contribution in [-0.4, -0.2) is 36.4 Å². The molecule has 1 amide bonds. The highest BCUT2D eigenvalue weighted by molar-refractivity contribution is 6.15. The summed E-state index contributed by atoms with van der Waals surface area (Å²) >= 11 is 0. The number of pyridine rings is 1. The number of hydrogen-bond donors (Lipinski definition) is 3. The molecule has 1 aromatic heterocycles. The summed E-state index contributed by atoms with van der Waals surface area (Å²) in [5.74, 6) is -0.988. The van der Waals surface area contributed by atoms with Crippen LogP contribution in [-0.2, 0) is 11.3 Å². The molecule has 8 nitrogen and oxygen atoms in total. The van der Waals surface area contributed by atoms with Crippen LogP contribution in [0.4, 0.5) is 5.69 Å². The number of aromatic nitrogens is 1. The van der Waals surface area contributed by atoms with Crippen LogP contribution in [0.15, 0.2) is 59.8 Å². The Morgan fingerprint density at radius 3 is 2.39 bits per heavy atom. The molecule has 33 heavy (non-hydrogen) atoms. The zero-order chi connectivity index (χ0) is 24.6. The number of carbonyl (C=O) groups excluding carboxylic acids is 2. The van der Waals surface area contributed by atoms with Gasteiger partial charge in [0.05, 0.1) is 25.6 Å². The standard InChI is InChI=1S/C21H19N5O3.2C2H6/c1-29-21(28)19-18(7-4-11-23-19)26-20(27)17-9-8-14(13-25-24-12-10-22)15-5-2-3-6-16(15)17;2*1-2/h2-12,22,25H,13H2,1H3,(H,26,27);2*1-2H3/b22-10?,24-12-;;. The lowest BCUT2D eigenvalue weighted by molar-refractivity contribution is 0.0595. The smallest absolute Gasteiger partial charge is 0.358 e. The van der Waals surface area contributed by atoms with Gasteiger partial charge in [0.15, 0.2) is 5.69 Å². The number of rotatable bonds is 7. The molecule has 0 aliphatic rings. The summed E-state index contributed by atoms with van der Waals surface area (Å²) in [6.07, 6.45) is 3.89. The van der Waals surface area contributed by atoms with Gasteiger partial charge in [-0.1, -0.05) is 58.0 Å². The van der Waals surface area contributed by atoms with Crippen molar-refractivity contribution in [2.24, 2.45) is 5.10 Å². The van der Waals surface area contributed by atoms with Gasteiger partial charge in [-0.05, 0) is 34.5 Å². The van der Waals surface area contributed by atoms with Crippen molar-refractivity contribution >= 4 is 40.8 Å². The maximum atomic E-state index is 12.9. The Hall–Kier alpha value is -4.07. The molecule has 0 radical (unpaired) electrons. The maximum absolute atomic E-state index is 12.9. The van der Waals surface area contributed by atoms with E-state index >= 15 is 0 Å². The van der Waals surface area contributed by atoms with E-state index < -0.39 is 5.97 Å². The molecule has 3 rings (SSSR count). The summed E-state index contributed by atoms with van der Waals surface area (Å²) < 4.78 is 4.72. The number of anilines is 1. The molecule has 174 valence electrons. The molecule has 0 fully saturated rings. The molecule has 0 unspecified atom stereocenters. The van der Waals surface area contributed by atoms with E-state index in [0.717, 1.165) is 22.6 Å². The van der Waals surface area contributed by atoms with Gasteiger partial charge in [0.25, 0.3) is 5.91 Å². The van der Waals surface area contributed by atoms with Crippen molar-refractivity contribution in [1.29, 1.82) is 5.41 Å². The second-order valence-corrected chi connectivity index (χ2v) is 5.94. The van der Waals surface area contributed by atoms with Gasteiger partial charge < -0.3 is 20.9 Å². The molecule has 0 saturated carbocycles. The largest absolute Gasteiger partial charge is 0.464 e. The van der Waals surface area contributed by atoms with E-state index in [4.69, 9.17) is 10.1 Å². The topological polar surface area (TPSA) is 117 Å². The molecule has 0 aliphatic heterocycles. The van der Waals surface area contributed by atoms with Gasteiger partial charge >= 0.3 is 5.97 Å². The van der Waals surface area contributed by atoms with Gasteiger partial charge in [0.2, 0.25) is 0 Å². The minimum atomic E-state index is -0.627. The number of esters is 1. The maximum Gasteiger partial charge on any atom is 0.358 e. The Labute approximate surface area is 194 Å². The van der Waals surface area contributed by atoms with Crippen LogP contribution in [0.25, 0.3) is 10.8 Å². The van der Waals surface area contributed by atoms with Crippen molar-refractivity contribution in [3.63, 3.8) is 0 Å². The number of carbonyl (C=O) groups is 2. The summed E-state index contributed by atoms with van der Waals surface area (Å²) in [7, 11) is 1.26. The van der Waals surface area contributed by atoms with Crippen LogP contribution in [0, 0.1) is 5.41 Å². The van der Waals surface area contributed by atoms with Gasteiger partial charge in [-0.25, -0.2) is 9.78 Å². The molecule has 1 heterocycles. The van der Waals surface area contributed by atoms with Gasteiger partial charge in [-0.3, -0.25) is 4.79 Å². The minimum Gasteiger partial charge on any atom is -0.464 e. The molecule has 3 aromatic rings. The van der Waals surface area contributed by atoms with Gasteiger partial charge in [-0.15, -0.1) is 0 Å². The third kappa shape index (κ3) is 7.24. The molecule has 0 bridgehead atoms. The predicted molar refractivity (Wildman–Crippen MR) is 134 cm³/mol. The van der Waals surface area contributed by atoms with Crippen molar-refractivity contribution in [1.82, 2.24) is 10.4 Å². The highest BCUT2D eigenvalue weighted by atomic mass is 16.5. The number of ether oxygens (including phenoxy) is 1. The monoisotopic (exact) mass is 449 g/mol. The molecule has 0 aliphatic carbocycles. The van der Waals surface area contributed by atoms with E-state index in [1.807, 2.05) is 58.0 Å². The summed E-state index contributed by atoms with van der Waals surface area (Å²) in [6, 6.07) is 14.3. The fraction of sp³-hybridized carbons (Fsp3) is 0.240. The SMILES string of the molecule is CC.CC.COC(=O)c1ncccc1NC(=O)c1ccc(CN/N=C\C=N)c2ccccc12. The number of hydrogen-bond acceptors (Lipinski definition) is 7. The average molecular weight is 450 g/mol. The number of benzene rings is 2. The van der Waals surface area contributed by atoms with E-state index in [1.54, 1.807) is 18.2 Å². The lowest BCUT2D eigenvalue weighted by atomic mass is 9.99. The van der Waals surface area contributed by atoms with Crippen LogP contribution >= 0.6 is 0 Å². The van der Waals surface area contributed by atoms with Gasteiger partial charge in [-0.2, -0.15) is 5.10 Å². The number of nitrogens with zero attached hydrogens (tertiary/aromatic N) is 2. The number of hydrazone groups is 1. The highest BCUT2D eigenvalue weighted by Crippen LogP contribution is 2.24. The minimum absolute atomic E-state index is 0.0394. The van der Waals surface area contributed by atoms with Crippen molar-refractivity contribution in [3.8, 4) is 0 Å². The summed E-state index contributed by atoms with van der Waals surface area (Å²) in [4.78, 5) is 28.8. The molecule has 0 atom stereocenters. The first-order chi connectivity index (χ1) is 16.2. The third-order valence-electron chi connectivity index (χ3n) is 4.20. The summed E-state index contributed by atoms with van der Waals surface area (Å²) in [5.41, 5.74) is 4.60. The first kappa shape index (κ1) is 27.0. The second kappa shape index (κ2) is 14.9. The predicted octanol–water partition coefficient (Wildman–Crippen LogP) is 5.05. The number of fused-ring (bicyclic) bond motifs is 1. The van der Waals surface area contributed by atoms with Crippen molar-refractivity contribution in [2.45, 2.75) is 34.2 Å². The fourth-order valence-electron chi connectivity index (χ4n) is 2.89. The van der Waals surface area contributed by atoms with Crippen LogP contribution < -0.4 is 10.7 Å². The molecule has 2 aromatic carbocycles. The van der Waals surface area contributed by atoms with Gasteiger partial charge in [0, 0.05) is 18.0 Å². The van der Waals surface area contributed by atoms with E-state index in [9.17, 15) is 9.59 Å². The first-order valence-corrected chi connectivity index (χ1v) is 10.8.